The van der Waals surface area contributed by atoms with Crippen molar-refractivity contribution in [2.75, 3.05) is 5.32 Å². The molecule has 3 rings (SSSR count). The van der Waals surface area contributed by atoms with Crippen LogP contribution in [0.5, 0.6) is 0 Å². The van der Waals surface area contributed by atoms with Gasteiger partial charge in [0.05, 0.1) is 5.56 Å². The molecule has 0 saturated heterocycles. The monoisotopic (exact) mass is 417 g/mol. The summed E-state index contributed by atoms with van der Waals surface area (Å²) in [6.07, 6.45) is 3.52. The maximum absolute atomic E-state index is 12.4. The number of carboxylic acids is 1. The Hall–Kier alpha value is -2.51. The Bertz CT molecular complexity index is 934. The molecular formula is C18H14BrN2O3S+. The number of thiophene rings is 1. The number of nitrogens with one attached hydrogen (secondary N) is 1. The SMILES string of the molecule is C[n+]1ccc(C(=O)Nc2scc(-c3ccc(Br)cc3)c2C(=O)O)cc1. The average Bonchev–Trinajstić information content (AvgIpc) is 3.00. The van der Waals surface area contributed by atoms with E-state index in [0.717, 1.165) is 10.0 Å². The second-order valence-electron chi connectivity index (χ2n) is 5.37. The molecule has 0 bridgehead atoms. The van der Waals surface area contributed by atoms with Gasteiger partial charge in [-0.15, -0.1) is 11.3 Å². The number of benzene rings is 1. The van der Waals surface area contributed by atoms with Crippen LogP contribution in [0.1, 0.15) is 20.7 Å². The number of hydrogen-bond acceptors (Lipinski definition) is 3. The van der Waals surface area contributed by atoms with Crippen molar-refractivity contribution >= 4 is 44.1 Å². The number of aromatic carboxylic acids is 1. The molecule has 2 N–H and O–H groups in total. The van der Waals surface area contributed by atoms with Crippen LogP contribution in [0.15, 0.2) is 58.6 Å². The van der Waals surface area contributed by atoms with E-state index < -0.39 is 5.97 Å². The maximum Gasteiger partial charge on any atom is 0.339 e. The fourth-order valence-electron chi connectivity index (χ4n) is 2.33. The Morgan fingerprint density at radius 2 is 1.76 bits per heavy atom. The highest BCUT2D eigenvalue weighted by Gasteiger charge is 2.21. The lowest BCUT2D eigenvalue weighted by Crippen LogP contribution is -2.27. The van der Waals surface area contributed by atoms with E-state index in [1.54, 1.807) is 29.9 Å². The standard InChI is InChI=1S/C18H13BrN2O3S/c1-21-8-6-12(7-9-21)16(22)20-17-15(18(23)24)14(10-25-17)11-2-4-13(19)5-3-11/h2-10H,1H3,(H-,20,22,23,24)/p+1. The van der Waals surface area contributed by atoms with Gasteiger partial charge in [-0.1, -0.05) is 28.1 Å². The van der Waals surface area contributed by atoms with Gasteiger partial charge in [-0.3, -0.25) is 4.79 Å². The third kappa shape index (κ3) is 3.78. The molecule has 0 radical (unpaired) electrons. The van der Waals surface area contributed by atoms with Gasteiger partial charge in [0.25, 0.3) is 5.91 Å². The van der Waals surface area contributed by atoms with Gasteiger partial charge in [0.2, 0.25) is 0 Å². The molecule has 0 spiro atoms. The Morgan fingerprint density at radius 1 is 1.12 bits per heavy atom. The highest BCUT2D eigenvalue weighted by Crippen LogP contribution is 2.36. The number of carboxylic acid groups (broad SMARTS) is 1. The number of anilines is 1. The van der Waals surface area contributed by atoms with Crippen molar-refractivity contribution < 1.29 is 19.3 Å². The van der Waals surface area contributed by atoms with E-state index in [1.165, 1.54) is 11.3 Å². The lowest BCUT2D eigenvalue weighted by Gasteiger charge is -2.06. The van der Waals surface area contributed by atoms with Crippen molar-refractivity contribution in [2.24, 2.45) is 7.05 Å². The van der Waals surface area contributed by atoms with Gasteiger partial charge in [0.15, 0.2) is 12.4 Å². The fourth-order valence-corrected chi connectivity index (χ4v) is 3.55. The topological polar surface area (TPSA) is 70.3 Å². The summed E-state index contributed by atoms with van der Waals surface area (Å²) in [7, 11) is 1.86. The molecule has 2 heterocycles. The molecule has 126 valence electrons. The van der Waals surface area contributed by atoms with E-state index >= 15 is 0 Å². The number of aromatic nitrogens is 1. The molecule has 7 heteroatoms. The summed E-state index contributed by atoms with van der Waals surface area (Å²) >= 11 is 4.56. The molecule has 25 heavy (non-hydrogen) atoms. The first-order valence-corrected chi connectivity index (χ1v) is 9.00. The van der Waals surface area contributed by atoms with E-state index in [-0.39, 0.29) is 11.5 Å². The molecule has 0 saturated carbocycles. The van der Waals surface area contributed by atoms with Crippen LogP contribution in [0.3, 0.4) is 0 Å². The van der Waals surface area contributed by atoms with Crippen LogP contribution in [-0.4, -0.2) is 17.0 Å². The normalized spacial score (nSPS) is 10.5. The zero-order chi connectivity index (χ0) is 18.0. The lowest BCUT2D eigenvalue weighted by atomic mass is 10.0. The minimum Gasteiger partial charge on any atom is -0.478 e. The van der Waals surface area contributed by atoms with Gasteiger partial charge >= 0.3 is 5.97 Å². The van der Waals surface area contributed by atoms with Crippen LogP contribution in [0.25, 0.3) is 11.1 Å². The van der Waals surface area contributed by atoms with E-state index in [1.807, 2.05) is 35.9 Å². The largest absolute Gasteiger partial charge is 0.478 e. The van der Waals surface area contributed by atoms with Crippen molar-refractivity contribution in [3.8, 4) is 11.1 Å². The van der Waals surface area contributed by atoms with Crippen LogP contribution in [0.2, 0.25) is 0 Å². The molecule has 0 aliphatic carbocycles. The van der Waals surface area contributed by atoms with Gasteiger partial charge in [-0.05, 0) is 17.7 Å². The molecule has 5 nitrogen and oxygen atoms in total. The maximum atomic E-state index is 12.4. The average molecular weight is 418 g/mol. The van der Waals surface area contributed by atoms with Crippen molar-refractivity contribution in [2.45, 2.75) is 0 Å². The van der Waals surface area contributed by atoms with Crippen LogP contribution >= 0.6 is 27.3 Å². The van der Waals surface area contributed by atoms with Crippen LogP contribution in [0.4, 0.5) is 5.00 Å². The van der Waals surface area contributed by atoms with E-state index in [0.29, 0.717) is 16.1 Å². The summed E-state index contributed by atoms with van der Waals surface area (Å²) in [5.41, 5.74) is 1.93. The summed E-state index contributed by atoms with van der Waals surface area (Å²) in [5, 5.41) is 14.4. The minimum atomic E-state index is -1.08. The van der Waals surface area contributed by atoms with Gasteiger partial charge in [0.1, 0.15) is 17.6 Å². The molecular weight excluding hydrogens is 404 g/mol. The molecule has 0 aliphatic heterocycles. The van der Waals surface area contributed by atoms with Gasteiger partial charge in [-0.2, -0.15) is 0 Å². The number of carbonyl (C=O) groups is 2. The summed E-state index contributed by atoms with van der Waals surface area (Å²) < 4.78 is 2.73. The third-order valence-electron chi connectivity index (χ3n) is 3.63. The predicted molar refractivity (Wildman–Crippen MR) is 100.0 cm³/mol. The van der Waals surface area contributed by atoms with E-state index in [4.69, 9.17) is 0 Å². The smallest absolute Gasteiger partial charge is 0.339 e. The molecule has 0 fully saturated rings. The first-order valence-electron chi connectivity index (χ1n) is 7.33. The van der Waals surface area contributed by atoms with Crippen LogP contribution < -0.4 is 9.88 Å². The van der Waals surface area contributed by atoms with Gasteiger partial charge < -0.3 is 10.4 Å². The highest BCUT2D eigenvalue weighted by atomic mass is 79.9. The van der Waals surface area contributed by atoms with Crippen LogP contribution in [-0.2, 0) is 7.05 Å². The first-order chi connectivity index (χ1) is 12.0. The van der Waals surface area contributed by atoms with Crippen molar-refractivity contribution in [3.05, 3.63) is 69.8 Å². The molecule has 0 atom stereocenters. The number of carbonyl (C=O) groups excluding carboxylic acids is 1. The second kappa shape index (κ2) is 7.16. The van der Waals surface area contributed by atoms with E-state index in [9.17, 15) is 14.7 Å². The van der Waals surface area contributed by atoms with Gasteiger partial charge in [0, 0.05) is 27.5 Å². The predicted octanol–water partition coefficient (Wildman–Crippen LogP) is 3.95. The molecule has 0 unspecified atom stereocenters. The Morgan fingerprint density at radius 3 is 2.36 bits per heavy atom. The summed E-state index contributed by atoms with van der Waals surface area (Å²) in [4.78, 5) is 24.1. The number of nitrogens with zero attached hydrogens (tertiary/aromatic N) is 1. The Labute approximate surface area is 156 Å². The zero-order valence-electron chi connectivity index (χ0n) is 13.2. The first kappa shape index (κ1) is 17.3. The summed E-state index contributed by atoms with van der Waals surface area (Å²) in [6.45, 7) is 0. The summed E-state index contributed by atoms with van der Waals surface area (Å²) in [6, 6.07) is 10.7. The number of halogens is 1. The Balaban J connectivity index is 1.94. The zero-order valence-corrected chi connectivity index (χ0v) is 15.6. The second-order valence-corrected chi connectivity index (χ2v) is 7.17. The molecule has 2 aromatic heterocycles. The number of pyridine rings is 1. The van der Waals surface area contributed by atoms with Crippen molar-refractivity contribution in [3.63, 3.8) is 0 Å². The quantitative estimate of drug-likeness (QED) is 0.631. The molecule has 3 aromatic rings. The van der Waals surface area contributed by atoms with Crippen molar-refractivity contribution in [1.82, 2.24) is 0 Å². The van der Waals surface area contributed by atoms with E-state index in [2.05, 4.69) is 21.2 Å². The van der Waals surface area contributed by atoms with Crippen LogP contribution in [0, 0.1) is 0 Å². The van der Waals surface area contributed by atoms with Crippen molar-refractivity contribution in [1.29, 1.82) is 0 Å². The number of aryl methyl sites for hydroxylation is 1. The molecule has 1 amide bonds. The number of rotatable bonds is 4. The number of hydrogen-bond donors (Lipinski definition) is 2. The molecule has 1 aromatic carbocycles. The lowest BCUT2D eigenvalue weighted by molar-refractivity contribution is -0.671. The number of amides is 1. The summed E-state index contributed by atoms with van der Waals surface area (Å²) in [5.74, 6) is -1.42. The Kier molecular flexibility index (Phi) is 4.96. The third-order valence-corrected chi connectivity index (χ3v) is 5.05. The highest BCUT2D eigenvalue weighted by molar-refractivity contribution is 9.10. The fraction of sp³-hybridized carbons (Fsp3) is 0.0556. The minimum absolute atomic E-state index is 0.0992. The molecule has 0 aliphatic rings. The van der Waals surface area contributed by atoms with Gasteiger partial charge in [-0.25, -0.2) is 9.36 Å².